The Morgan fingerprint density at radius 2 is 1.85 bits per heavy atom. The number of hydrogen-bond donors (Lipinski definition) is 0. The van der Waals surface area contributed by atoms with E-state index in [9.17, 15) is 4.79 Å². The van der Waals surface area contributed by atoms with E-state index >= 15 is 0 Å². The van der Waals surface area contributed by atoms with Gasteiger partial charge < -0.3 is 4.74 Å². The number of rotatable bonds is 2. The van der Waals surface area contributed by atoms with Gasteiger partial charge in [-0.3, -0.25) is 9.59 Å². The van der Waals surface area contributed by atoms with E-state index in [1.165, 1.54) is 26.4 Å². The Morgan fingerprint density at radius 1 is 1.38 bits per heavy atom. The third kappa shape index (κ3) is 6.58. The van der Waals surface area contributed by atoms with Crippen molar-refractivity contribution in [2.24, 2.45) is 5.92 Å². The molecule has 0 N–H and O–H groups in total. The molecule has 1 saturated carbocycles. The Kier molecular flexibility index (Phi) is 7.69. The highest BCUT2D eigenvalue weighted by Crippen LogP contribution is 2.24. The molecule has 0 radical (unpaired) electrons. The van der Waals surface area contributed by atoms with E-state index in [0.29, 0.717) is 6.47 Å². The lowest BCUT2D eigenvalue weighted by Gasteiger charge is -2.16. The van der Waals surface area contributed by atoms with E-state index in [1.54, 1.807) is 0 Å². The number of carbonyl (C=O) groups is 2. The molecule has 4 heteroatoms. The average Bonchev–Trinajstić information content (AvgIpc) is 2.19. The molecule has 0 unspecified atom stereocenters. The second kappa shape index (κ2) is 8.05. The van der Waals surface area contributed by atoms with Crippen LogP contribution in [0.1, 0.15) is 32.1 Å². The zero-order valence-electron chi connectivity index (χ0n) is 7.79. The Bertz CT molecular complexity index is 153. The Balaban J connectivity index is 0.000000310. The molecule has 0 atom stereocenters. The first-order valence-electron chi connectivity index (χ1n) is 4.38. The topological polar surface area (TPSA) is 43.4 Å². The molecule has 0 aromatic heterocycles. The lowest BCUT2D eigenvalue weighted by atomic mass is 9.90. The third-order valence-corrected chi connectivity index (χ3v) is 2.33. The summed E-state index contributed by atoms with van der Waals surface area (Å²) in [4.78, 5) is 19.5. The van der Waals surface area contributed by atoms with Gasteiger partial charge in [-0.05, 0) is 24.4 Å². The molecule has 3 nitrogen and oxygen atoms in total. The molecule has 1 fully saturated rings. The summed E-state index contributed by atoms with van der Waals surface area (Å²) in [6, 6.07) is 0. The van der Waals surface area contributed by atoms with Crippen molar-refractivity contribution in [3.8, 4) is 0 Å². The van der Waals surface area contributed by atoms with E-state index in [0.717, 1.165) is 12.8 Å². The van der Waals surface area contributed by atoms with Crippen LogP contribution in [0, 0.1) is 5.92 Å². The van der Waals surface area contributed by atoms with Gasteiger partial charge in [-0.1, -0.05) is 19.3 Å². The second-order valence-corrected chi connectivity index (χ2v) is 3.34. The van der Waals surface area contributed by atoms with Crippen molar-refractivity contribution < 1.29 is 14.3 Å². The first-order valence-corrected chi connectivity index (χ1v) is 4.76. The smallest absolute Gasteiger partial charge is 0.292 e. The molecular weight excluding hydrogens is 192 g/mol. The molecule has 0 bridgehead atoms. The quantitative estimate of drug-likeness (QED) is 0.514. The van der Waals surface area contributed by atoms with Gasteiger partial charge in [0.15, 0.2) is 0 Å². The summed E-state index contributed by atoms with van der Waals surface area (Å²) in [5, 5.41) is -0.130. The van der Waals surface area contributed by atoms with Crippen molar-refractivity contribution in [1.29, 1.82) is 0 Å². The molecule has 1 rings (SSSR count). The molecule has 1 aliphatic rings. The summed E-state index contributed by atoms with van der Waals surface area (Å²) in [7, 11) is 1.31. The normalized spacial score (nSPS) is 16.8. The van der Waals surface area contributed by atoms with Crippen molar-refractivity contribution in [3.05, 3.63) is 0 Å². The van der Waals surface area contributed by atoms with Gasteiger partial charge in [-0.25, -0.2) is 0 Å². The zero-order chi connectivity index (χ0) is 10.1. The summed E-state index contributed by atoms with van der Waals surface area (Å²) >= 11 is 5.32. The van der Waals surface area contributed by atoms with Crippen LogP contribution in [0.3, 0.4) is 0 Å². The highest BCUT2D eigenvalue weighted by molar-refractivity contribution is 6.63. The van der Waals surface area contributed by atoms with E-state index in [1.807, 2.05) is 0 Å². The van der Waals surface area contributed by atoms with Gasteiger partial charge >= 0.3 is 0 Å². The van der Waals surface area contributed by atoms with Crippen LogP contribution in [0.4, 0.5) is 0 Å². The minimum atomic E-state index is -0.130. The number of ether oxygens (including phenoxy) is 1. The molecule has 0 spiro atoms. The highest BCUT2D eigenvalue weighted by Gasteiger charge is 2.18. The van der Waals surface area contributed by atoms with Crippen LogP contribution >= 0.6 is 11.6 Å². The average molecular weight is 207 g/mol. The van der Waals surface area contributed by atoms with Crippen molar-refractivity contribution >= 4 is 23.3 Å². The fourth-order valence-electron chi connectivity index (χ4n) is 1.33. The zero-order valence-corrected chi connectivity index (χ0v) is 8.55. The lowest BCUT2D eigenvalue weighted by molar-refractivity contribution is -0.126. The molecule has 0 aromatic rings. The van der Waals surface area contributed by atoms with Crippen molar-refractivity contribution in [2.45, 2.75) is 32.1 Å². The predicted molar refractivity (Wildman–Crippen MR) is 50.5 cm³/mol. The van der Waals surface area contributed by atoms with E-state index in [4.69, 9.17) is 16.4 Å². The molecular formula is C9H15ClO3. The molecule has 0 aromatic carbocycles. The Hall–Kier alpha value is -0.570. The molecule has 0 heterocycles. The summed E-state index contributed by atoms with van der Waals surface area (Å²) in [5.41, 5.74) is 0. The van der Waals surface area contributed by atoms with Gasteiger partial charge in [0, 0.05) is 5.92 Å². The van der Waals surface area contributed by atoms with E-state index < -0.39 is 0 Å². The molecule has 13 heavy (non-hydrogen) atoms. The second-order valence-electron chi connectivity index (χ2n) is 2.97. The van der Waals surface area contributed by atoms with Crippen LogP contribution in [0.25, 0.3) is 0 Å². The molecule has 1 aliphatic carbocycles. The van der Waals surface area contributed by atoms with Crippen LogP contribution < -0.4 is 0 Å². The van der Waals surface area contributed by atoms with Crippen LogP contribution in [0.2, 0.25) is 0 Å². The summed E-state index contributed by atoms with van der Waals surface area (Å²) in [5.74, 6) is 0.181. The van der Waals surface area contributed by atoms with Crippen molar-refractivity contribution in [1.82, 2.24) is 0 Å². The van der Waals surface area contributed by atoms with Crippen LogP contribution in [-0.4, -0.2) is 18.8 Å². The third-order valence-electron chi connectivity index (χ3n) is 2.02. The fraction of sp³-hybridized carbons (Fsp3) is 0.778. The van der Waals surface area contributed by atoms with Gasteiger partial charge in [0.1, 0.15) is 0 Å². The molecule has 76 valence electrons. The maximum absolute atomic E-state index is 10.6. The van der Waals surface area contributed by atoms with Gasteiger partial charge in [0.2, 0.25) is 5.24 Å². The standard InChI is InChI=1S/C7H11ClO.C2H4O2/c8-7(9)6-4-2-1-3-5-6;1-4-2-3/h6H,1-5H2;2H,1H3. The monoisotopic (exact) mass is 206 g/mol. The predicted octanol–water partition coefficient (Wildman–Crippen LogP) is 2.12. The van der Waals surface area contributed by atoms with Crippen LogP contribution in [0.5, 0.6) is 0 Å². The van der Waals surface area contributed by atoms with Gasteiger partial charge in [0.05, 0.1) is 7.11 Å². The molecule has 0 aliphatic heterocycles. The number of halogens is 1. The van der Waals surface area contributed by atoms with Crippen molar-refractivity contribution in [2.75, 3.05) is 7.11 Å². The molecule has 0 saturated heterocycles. The lowest BCUT2D eigenvalue weighted by Crippen LogP contribution is -2.12. The van der Waals surface area contributed by atoms with Crippen LogP contribution in [-0.2, 0) is 14.3 Å². The first-order chi connectivity index (χ1) is 6.22. The number of carbonyl (C=O) groups excluding carboxylic acids is 2. The fourth-order valence-corrected chi connectivity index (χ4v) is 1.55. The summed E-state index contributed by atoms with van der Waals surface area (Å²) in [6.45, 7) is 0.375. The van der Waals surface area contributed by atoms with Crippen LogP contribution in [0.15, 0.2) is 0 Å². The number of methoxy groups -OCH3 is 1. The number of hydrogen-bond acceptors (Lipinski definition) is 3. The van der Waals surface area contributed by atoms with Crippen molar-refractivity contribution in [3.63, 3.8) is 0 Å². The van der Waals surface area contributed by atoms with Gasteiger partial charge in [-0.15, -0.1) is 0 Å². The summed E-state index contributed by atoms with van der Waals surface area (Å²) in [6.07, 6.45) is 5.68. The summed E-state index contributed by atoms with van der Waals surface area (Å²) < 4.78 is 3.86. The minimum Gasteiger partial charge on any atom is -0.471 e. The molecule has 0 amide bonds. The SMILES string of the molecule is COC=O.O=C(Cl)C1CCCCC1. The first kappa shape index (κ1) is 12.4. The Labute approximate surface area is 83.4 Å². The highest BCUT2D eigenvalue weighted by atomic mass is 35.5. The Morgan fingerprint density at radius 3 is 2.08 bits per heavy atom. The minimum absolute atomic E-state index is 0.130. The maximum atomic E-state index is 10.6. The van der Waals surface area contributed by atoms with Gasteiger partial charge in [0.25, 0.3) is 6.47 Å². The van der Waals surface area contributed by atoms with Gasteiger partial charge in [-0.2, -0.15) is 0 Å². The van der Waals surface area contributed by atoms with E-state index in [2.05, 4.69) is 4.74 Å². The largest absolute Gasteiger partial charge is 0.471 e. The van der Waals surface area contributed by atoms with E-state index in [-0.39, 0.29) is 11.2 Å². The maximum Gasteiger partial charge on any atom is 0.292 e.